The Kier molecular flexibility index (Phi) is 5.10. The molecule has 0 bridgehead atoms. The molecule has 0 aliphatic rings. The summed E-state index contributed by atoms with van der Waals surface area (Å²) in [5.41, 5.74) is 1.00. The van der Waals surface area contributed by atoms with Crippen molar-refractivity contribution in [2.45, 2.75) is 28.0 Å². The zero-order valence-electron chi connectivity index (χ0n) is 12.8. The first-order chi connectivity index (χ1) is 11.2. The summed E-state index contributed by atoms with van der Waals surface area (Å²) in [6, 6.07) is 11.0. The van der Waals surface area contributed by atoms with Crippen molar-refractivity contribution in [2.24, 2.45) is 0 Å². The minimum atomic E-state index is -3.99. The second-order valence-electron chi connectivity index (χ2n) is 5.13. The zero-order chi connectivity index (χ0) is 18.0. The van der Waals surface area contributed by atoms with E-state index in [1.54, 1.807) is 12.1 Å². The fourth-order valence-corrected chi connectivity index (χ4v) is 4.42. The van der Waals surface area contributed by atoms with Crippen molar-refractivity contribution < 1.29 is 26.7 Å². The lowest BCUT2D eigenvalue weighted by Crippen LogP contribution is -2.15. The summed E-state index contributed by atoms with van der Waals surface area (Å²) in [5, 5.41) is 8.61. The number of carboxylic acid groups (broad SMARTS) is 1. The summed E-state index contributed by atoms with van der Waals surface area (Å²) in [6.45, 7) is 1.96. The van der Waals surface area contributed by atoms with Crippen molar-refractivity contribution in [2.75, 3.05) is 5.75 Å². The first-order valence-electron chi connectivity index (χ1n) is 7.05. The largest absolute Gasteiger partial charge is 0.480 e. The smallest absolute Gasteiger partial charge is 0.319 e. The average Bonchev–Trinajstić information content (AvgIpc) is 2.54. The fraction of sp³-hybridized carbons (Fsp3) is 0.188. The molecule has 128 valence electrons. The number of aliphatic carboxylic acids is 1. The third-order valence-corrected chi connectivity index (χ3v) is 6.85. The summed E-state index contributed by atoms with van der Waals surface area (Å²) >= 11 is 0. The standard InChI is InChI=1S/C16H16O6S2/c1-2-12-3-5-14(6-4-12)24(21,22)15-9-7-13(8-10-15)23(19,20)11-16(17)18/h3-10H,2,11H2,1H3,(H,17,18). The van der Waals surface area contributed by atoms with Crippen molar-refractivity contribution >= 4 is 25.6 Å². The van der Waals surface area contributed by atoms with Crippen molar-refractivity contribution in [1.29, 1.82) is 0 Å². The van der Waals surface area contributed by atoms with Crippen LogP contribution in [0.15, 0.2) is 63.2 Å². The zero-order valence-corrected chi connectivity index (χ0v) is 14.5. The van der Waals surface area contributed by atoms with E-state index in [-0.39, 0.29) is 14.7 Å². The van der Waals surface area contributed by atoms with Gasteiger partial charge in [-0.1, -0.05) is 19.1 Å². The van der Waals surface area contributed by atoms with Gasteiger partial charge in [0.05, 0.1) is 14.7 Å². The fourth-order valence-electron chi connectivity index (χ4n) is 2.11. The number of rotatable bonds is 6. The first kappa shape index (κ1) is 18.2. The third kappa shape index (κ3) is 3.82. The molecule has 6 nitrogen and oxygen atoms in total. The van der Waals surface area contributed by atoms with E-state index in [0.29, 0.717) is 0 Å². The Hall–Kier alpha value is -2.19. The molecule has 2 rings (SSSR count). The molecule has 24 heavy (non-hydrogen) atoms. The maximum Gasteiger partial charge on any atom is 0.319 e. The van der Waals surface area contributed by atoms with Gasteiger partial charge in [0.1, 0.15) is 0 Å². The predicted molar refractivity (Wildman–Crippen MR) is 87.4 cm³/mol. The quantitative estimate of drug-likeness (QED) is 0.835. The van der Waals surface area contributed by atoms with E-state index < -0.39 is 31.4 Å². The lowest BCUT2D eigenvalue weighted by atomic mass is 10.2. The van der Waals surface area contributed by atoms with Crippen molar-refractivity contribution in [3.63, 3.8) is 0 Å². The van der Waals surface area contributed by atoms with Gasteiger partial charge in [0.2, 0.25) is 9.84 Å². The van der Waals surface area contributed by atoms with Crippen LogP contribution in [-0.2, 0) is 30.9 Å². The van der Waals surface area contributed by atoms with Crippen LogP contribution in [0.3, 0.4) is 0 Å². The third-order valence-electron chi connectivity index (χ3n) is 3.45. The number of benzene rings is 2. The average molecular weight is 368 g/mol. The second-order valence-corrected chi connectivity index (χ2v) is 9.06. The summed E-state index contributed by atoms with van der Waals surface area (Å²) in [4.78, 5) is 10.4. The highest BCUT2D eigenvalue weighted by Gasteiger charge is 2.21. The molecule has 0 aliphatic heterocycles. The van der Waals surface area contributed by atoms with Gasteiger partial charge in [-0.25, -0.2) is 16.8 Å². The molecular weight excluding hydrogens is 352 g/mol. The molecule has 0 aliphatic carbocycles. The Balaban J connectivity index is 2.37. The van der Waals surface area contributed by atoms with Crippen LogP contribution in [-0.4, -0.2) is 33.7 Å². The van der Waals surface area contributed by atoms with Crippen molar-refractivity contribution in [3.8, 4) is 0 Å². The van der Waals surface area contributed by atoms with Gasteiger partial charge in [0.25, 0.3) is 0 Å². The lowest BCUT2D eigenvalue weighted by Gasteiger charge is -2.07. The summed E-state index contributed by atoms with van der Waals surface area (Å²) in [5.74, 6) is -2.51. The van der Waals surface area contributed by atoms with Gasteiger partial charge >= 0.3 is 5.97 Å². The Morgan fingerprint density at radius 2 is 1.25 bits per heavy atom. The Morgan fingerprint density at radius 3 is 1.67 bits per heavy atom. The number of hydrogen-bond donors (Lipinski definition) is 1. The molecule has 0 spiro atoms. The molecule has 0 unspecified atom stereocenters. The molecule has 8 heteroatoms. The second kappa shape index (κ2) is 6.74. The highest BCUT2D eigenvalue weighted by molar-refractivity contribution is 7.92. The molecule has 1 N–H and O–H groups in total. The number of sulfone groups is 2. The van der Waals surface area contributed by atoms with Crippen LogP contribution in [0.25, 0.3) is 0 Å². The highest BCUT2D eigenvalue weighted by Crippen LogP contribution is 2.23. The topological polar surface area (TPSA) is 106 Å². The normalized spacial score (nSPS) is 12.0. The Labute approximate surface area is 140 Å². The van der Waals surface area contributed by atoms with Gasteiger partial charge in [0.15, 0.2) is 15.6 Å². The van der Waals surface area contributed by atoms with Crippen LogP contribution < -0.4 is 0 Å². The van der Waals surface area contributed by atoms with Gasteiger partial charge in [0, 0.05) is 0 Å². The van der Waals surface area contributed by atoms with Gasteiger partial charge in [-0.15, -0.1) is 0 Å². The van der Waals surface area contributed by atoms with E-state index in [0.717, 1.165) is 36.2 Å². The van der Waals surface area contributed by atoms with E-state index in [1.165, 1.54) is 12.1 Å². The SMILES string of the molecule is CCc1ccc(S(=O)(=O)c2ccc(S(=O)(=O)CC(=O)O)cc2)cc1. The number of carbonyl (C=O) groups is 1. The maximum atomic E-state index is 12.5. The van der Waals surface area contributed by atoms with Gasteiger partial charge in [-0.05, 0) is 48.4 Å². The van der Waals surface area contributed by atoms with Crippen molar-refractivity contribution in [3.05, 3.63) is 54.1 Å². The van der Waals surface area contributed by atoms with Crippen LogP contribution in [0, 0.1) is 0 Å². The van der Waals surface area contributed by atoms with Crippen molar-refractivity contribution in [1.82, 2.24) is 0 Å². The molecule has 0 saturated carbocycles. The van der Waals surface area contributed by atoms with E-state index in [1.807, 2.05) is 6.92 Å². The highest BCUT2D eigenvalue weighted by atomic mass is 32.2. The maximum absolute atomic E-state index is 12.5. The first-order valence-corrected chi connectivity index (χ1v) is 10.2. The number of carboxylic acids is 1. The summed E-state index contributed by atoms with van der Waals surface area (Å²) < 4.78 is 48.7. The molecule has 0 heterocycles. The van der Waals surface area contributed by atoms with Crippen LogP contribution in [0.4, 0.5) is 0 Å². The van der Waals surface area contributed by atoms with E-state index >= 15 is 0 Å². The Morgan fingerprint density at radius 1 is 0.833 bits per heavy atom. The molecule has 0 fully saturated rings. The molecule has 0 amide bonds. The van der Waals surface area contributed by atoms with Crippen LogP contribution in [0.2, 0.25) is 0 Å². The molecule has 2 aromatic carbocycles. The lowest BCUT2D eigenvalue weighted by molar-refractivity contribution is -0.134. The van der Waals surface area contributed by atoms with Crippen LogP contribution >= 0.6 is 0 Å². The molecular formula is C16H16O6S2. The van der Waals surface area contributed by atoms with Crippen LogP contribution in [0.5, 0.6) is 0 Å². The summed E-state index contributed by atoms with van der Waals surface area (Å²) in [7, 11) is -7.75. The van der Waals surface area contributed by atoms with E-state index in [2.05, 4.69) is 0 Å². The van der Waals surface area contributed by atoms with E-state index in [9.17, 15) is 21.6 Å². The predicted octanol–water partition coefficient (Wildman–Crippen LogP) is 1.94. The monoisotopic (exact) mass is 368 g/mol. The van der Waals surface area contributed by atoms with E-state index in [4.69, 9.17) is 5.11 Å². The van der Waals surface area contributed by atoms with Gasteiger partial charge < -0.3 is 5.11 Å². The molecule has 0 aromatic heterocycles. The molecule has 0 atom stereocenters. The molecule has 0 saturated heterocycles. The van der Waals surface area contributed by atoms with Gasteiger partial charge in [-0.2, -0.15) is 0 Å². The summed E-state index contributed by atoms with van der Waals surface area (Å²) in [6.07, 6.45) is 0.788. The molecule has 0 radical (unpaired) electrons. The number of aryl methyl sites for hydroxylation is 1. The minimum Gasteiger partial charge on any atom is -0.480 e. The van der Waals surface area contributed by atoms with Crippen LogP contribution in [0.1, 0.15) is 12.5 Å². The van der Waals surface area contributed by atoms with Gasteiger partial charge in [-0.3, -0.25) is 4.79 Å². The molecule has 2 aromatic rings. The Bertz CT molecular complexity index is 941. The number of hydrogen-bond acceptors (Lipinski definition) is 5. The minimum absolute atomic E-state index is 0.0546.